The van der Waals surface area contributed by atoms with Crippen LogP contribution in [0.25, 0.3) is 12.2 Å². The van der Waals surface area contributed by atoms with E-state index in [-0.39, 0.29) is 6.10 Å². The largest absolute Gasteiger partial charge is 0.224 e. The van der Waals surface area contributed by atoms with Crippen molar-refractivity contribution in [1.82, 2.24) is 0 Å². The predicted octanol–water partition coefficient (Wildman–Crippen LogP) is 3.99. The Kier molecular flexibility index (Phi) is 2.40. The maximum Gasteiger partial charge on any atom is 0.150 e. The average molecular weight is 264 g/mol. The average Bonchev–Trinajstić information content (AvgIpc) is 2.45. The fourth-order valence-corrected chi connectivity index (χ4v) is 3.01. The first-order valence-corrected chi connectivity index (χ1v) is 6.92. The van der Waals surface area contributed by atoms with Gasteiger partial charge in [-0.05, 0) is 53.8 Å². The highest BCUT2D eigenvalue weighted by Crippen LogP contribution is 2.42. The zero-order chi connectivity index (χ0) is 13.7. The minimum Gasteiger partial charge on any atom is -0.224 e. The van der Waals surface area contributed by atoms with Crippen molar-refractivity contribution in [2.45, 2.75) is 25.6 Å². The second-order valence-electron chi connectivity index (χ2n) is 5.65. The molecule has 0 aromatic heterocycles. The summed E-state index contributed by atoms with van der Waals surface area (Å²) < 4.78 is 0. The lowest BCUT2D eigenvalue weighted by Crippen LogP contribution is -2.42. The summed E-state index contributed by atoms with van der Waals surface area (Å²) in [4.78, 5) is 11.0. The summed E-state index contributed by atoms with van der Waals surface area (Å²) >= 11 is 0. The Morgan fingerprint density at radius 3 is 2.15 bits per heavy atom. The molecule has 0 amide bonds. The van der Waals surface area contributed by atoms with Crippen molar-refractivity contribution in [3.05, 3.63) is 70.3 Å². The molecule has 0 radical (unpaired) electrons. The molecule has 0 spiro atoms. The molecule has 5 rings (SSSR count). The first-order valence-electron chi connectivity index (χ1n) is 6.92. The Labute approximate surface area is 118 Å². The second kappa shape index (κ2) is 4.05. The van der Waals surface area contributed by atoms with E-state index in [2.05, 4.69) is 68.5 Å². The van der Waals surface area contributed by atoms with Gasteiger partial charge in [0.05, 0.1) is 0 Å². The zero-order valence-corrected chi connectivity index (χ0v) is 11.6. The highest BCUT2D eigenvalue weighted by molar-refractivity contribution is 5.69. The number of hydrogen-bond acceptors (Lipinski definition) is 2. The standard InChI is InChI=1S/C18H16O2/c1-12-13-4-3-5-14(12)7-9-16-11-17-10-15(8-6-13)18(16,2)20-19-17/h3-11,17H,1-2H3/b8-6-,9-7-. The molecule has 4 aliphatic rings. The van der Waals surface area contributed by atoms with Crippen LogP contribution in [-0.2, 0) is 9.78 Å². The smallest absolute Gasteiger partial charge is 0.150 e. The maximum atomic E-state index is 5.62. The number of hydrogen-bond donors (Lipinski definition) is 0. The van der Waals surface area contributed by atoms with E-state index in [0.29, 0.717) is 0 Å². The third kappa shape index (κ3) is 1.59. The van der Waals surface area contributed by atoms with Gasteiger partial charge in [-0.3, -0.25) is 0 Å². The van der Waals surface area contributed by atoms with Crippen LogP contribution in [-0.4, -0.2) is 11.7 Å². The lowest BCUT2D eigenvalue weighted by molar-refractivity contribution is -0.361. The van der Waals surface area contributed by atoms with E-state index in [4.69, 9.17) is 9.78 Å². The van der Waals surface area contributed by atoms with Gasteiger partial charge in [0.2, 0.25) is 0 Å². The molecule has 0 N–H and O–H groups in total. The Morgan fingerprint density at radius 2 is 1.55 bits per heavy atom. The summed E-state index contributed by atoms with van der Waals surface area (Å²) in [6, 6.07) is 6.38. The van der Waals surface area contributed by atoms with Crippen LogP contribution in [0, 0.1) is 6.92 Å². The van der Waals surface area contributed by atoms with E-state index in [1.807, 2.05) is 0 Å². The van der Waals surface area contributed by atoms with Crippen molar-refractivity contribution < 1.29 is 9.78 Å². The lowest BCUT2D eigenvalue weighted by atomic mass is 9.79. The zero-order valence-electron chi connectivity index (χ0n) is 11.6. The predicted molar refractivity (Wildman–Crippen MR) is 79.8 cm³/mol. The summed E-state index contributed by atoms with van der Waals surface area (Å²) in [6.07, 6.45) is 12.8. The van der Waals surface area contributed by atoms with Crippen LogP contribution in [0.5, 0.6) is 0 Å². The van der Waals surface area contributed by atoms with Gasteiger partial charge in [0.25, 0.3) is 0 Å². The minimum absolute atomic E-state index is 0.0880. The third-order valence-electron chi connectivity index (χ3n) is 4.42. The Morgan fingerprint density at radius 1 is 0.950 bits per heavy atom. The lowest BCUT2D eigenvalue weighted by Gasteiger charge is -2.41. The fourth-order valence-electron chi connectivity index (χ4n) is 3.01. The molecule has 100 valence electrons. The second-order valence-corrected chi connectivity index (χ2v) is 5.65. The first-order chi connectivity index (χ1) is 9.67. The molecule has 0 atom stereocenters. The summed E-state index contributed by atoms with van der Waals surface area (Å²) in [7, 11) is 0. The van der Waals surface area contributed by atoms with Crippen LogP contribution >= 0.6 is 0 Å². The molecule has 1 aromatic carbocycles. The quantitative estimate of drug-likeness (QED) is 0.660. The van der Waals surface area contributed by atoms with Crippen LogP contribution in [0.3, 0.4) is 0 Å². The van der Waals surface area contributed by atoms with Crippen LogP contribution in [0.15, 0.2) is 53.6 Å². The monoisotopic (exact) mass is 264 g/mol. The van der Waals surface area contributed by atoms with Crippen molar-refractivity contribution in [3.8, 4) is 0 Å². The van der Waals surface area contributed by atoms with Gasteiger partial charge in [-0.1, -0.05) is 42.5 Å². The highest BCUT2D eigenvalue weighted by Gasteiger charge is 2.42. The van der Waals surface area contributed by atoms with E-state index < -0.39 is 5.60 Å². The molecule has 0 fully saturated rings. The molecule has 2 aliphatic carbocycles. The molecular weight excluding hydrogens is 248 g/mol. The molecule has 2 heterocycles. The maximum absolute atomic E-state index is 5.62. The molecule has 0 unspecified atom stereocenters. The molecule has 2 aliphatic heterocycles. The van der Waals surface area contributed by atoms with E-state index in [1.165, 1.54) is 16.7 Å². The fraction of sp³-hybridized carbons (Fsp3) is 0.222. The normalized spacial score (nSPS) is 33.2. The van der Waals surface area contributed by atoms with Crippen LogP contribution in [0.2, 0.25) is 0 Å². The summed E-state index contributed by atoms with van der Waals surface area (Å²) in [6.45, 7) is 4.21. The topological polar surface area (TPSA) is 18.5 Å². The minimum atomic E-state index is -0.508. The van der Waals surface area contributed by atoms with Gasteiger partial charge >= 0.3 is 0 Å². The Balaban J connectivity index is 1.96. The van der Waals surface area contributed by atoms with Crippen molar-refractivity contribution in [1.29, 1.82) is 0 Å². The molecule has 6 bridgehead atoms. The summed E-state index contributed by atoms with van der Waals surface area (Å²) in [5.41, 5.74) is 5.59. The molecular formula is C18H16O2. The molecule has 2 heteroatoms. The number of fused-ring (bicyclic) bond motifs is 3. The van der Waals surface area contributed by atoms with Gasteiger partial charge in [0, 0.05) is 0 Å². The van der Waals surface area contributed by atoms with Crippen molar-refractivity contribution >= 4 is 12.2 Å². The van der Waals surface area contributed by atoms with Gasteiger partial charge in [0.1, 0.15) is 6.10 Å². The SMILES string of the molecule is Cc1c2cccc1/C=C\C1=CC3C=C(/C=C\2)C1(C)OO3. The van der Waals surface area contributed by atoms with E-state index in [1.54, 1.807) is 0 Å². The van der Waals surface area contributed by atoms with Gasteiger partial charge in [0.15, 0.2) is 5.60 Å². The Bertz CT molecular complexity index is 654. The van der Waals surface area contributed by atoms with Gasteiger partial charge in [-0.15, -0.1) is 0 Å². The van der Waals surface area contributed by atoms with Crippen molar-refractivity contribution in [3.63, 3.8) is 0 Å². The van der Waals surface area contributed by atoms with Crippen LogP contribution < -0.4 is 0 Å². The summed E-state index contributed by atoms with van der Waals surface area (Å²) in [5.74, 6) is 0. The molecule has 1 aromatic rings. The number of rotatable bonds is 0. The van der Waals surface area contributed by atoms with Crippen molar-refractivity contribution in [2.24, 2.45) is 0 Å². The molecule has 20 heavy (non-hydrogen) atoms. The van der Waals surface area contributed by atoms with Crippen LogP contribution in [0.4, 0.5) is 0 Å². The van der Waals surface area contributed by atoms with Gasteiger partial charge in [-0.2, -0.15) is 0 Å². The van der Waals surface area contributed by atoms with E-state index in [9.17, 15) is 0 Å². The van der Waals surface area contributed by atoms with Gasteiger partial charge < -0.3 is 0 Å². The third-order valence-corrected chi connectivity index (χ3v) is 4.42. The molecule has 0 saturated heterocycles. The van der Waals surface area contributed by atoms with E-state index >= 15 is 0 Å². The Hall–Kier alpha value is -1.90. The molecule has 2 nitrogen and oxygen atoms in total. The number of benzene rings is 1. The van der Waals surface area contributed by atoms with Gasteiger partial charge in [-0.25, -0.2) is 9.78 Å². The summed E-state index contributed by atoms with van der Waals surface area (Å²) in [5, 5.41) is 0. The highest BCUT2D eigenvalue weighted by atomic mass is 17.2. The molecule has 0 saturated carbocycles. The van der Waals surface area contributed by atoms with E-state index in [0.717, 1.165) is 11.1 Å². The first kappa shape index (κ1) is 11.9. The van der Waals surface area contributed by atoms with Crippen molar-refractivity contribution in [2.75, 3.05) is 0 Å². The van der Waals surface area contributed by atoms with Crippen LogP contribution in [0.1, 0.15) is 23.6 Å².